The number of amides is 1. The largest absolute Gasteiger partial charge is 0.508 e. The van der Waals surface area contributed by atoms with E-state index >= 15 is 0 Å². The quantitative estimate of drug-likeness (QED) is 0.785. The summed E-state index contributed by atoms with van der Waals surface area (Å²) in [5.74, 6) is 0.266. The Kier molecular flexibility index (Phi) is 4.82. The summed E-state index contributed by atoms with van der Waals surface area (Å²) in [4.78, 5) is 11.4. The number of anilines is 2. The molecule has 3 N–H and O–H groups in total. The minimum Gasteiger partial charge on any atom is -0.508 e. The van der Waals surface area contributed by atoms with E-state index in [1.807, 2.05) is 44.2 Å². The molecular weight excluding hydrogens is 264 g/mol. The highest BCUT2D eigenvalue weighted by molar-refractivity contribution is 5.91. The molecule has 0 aromatic heterocycles. The monoisotopic (exact) mass is 284 g/mol. The Morgan fingerprint density at radius 2 is 1.86 bits per heavy atom. The smallest absolute Gasteiger partial charge is 0.224 e. The maximum absolute atomic E-state index is 11.4. The lowest BCUT2D eigenvalue weighted by atomic mass is 10.1. The molecule has 4 heteroatoms. The number of carbonyl (C=O) groups is 1. The summed E-state index contributed by atoms with van der Waals surface area (Å²) in [6.07, 6.45) is 0.462. The third-order valence-corrected chi connectivity index (χ3v) is 3.26. The van der Waals surface area contributed by atoms with Gasteiger partial charge in [0.2, 0.25) is 5.91 Å². The van der Waals surface area contributed by atoms with Gasteiger partial charge < -0.3 is 15.7 Å². The summed E-state index contributed by atoms with van der Waals surface area (Å²) in [5, 5.41) is 15.5. The minimum absolute atomic E-state index is 0.00309. The van der Waals surface area contributed by atoms with Crippen molar-refractivity contribution in [1.82, 2.24) is 0 Å². The first-order chi connectivity index (χ1) is 10.1. The van der Waals surface area contributed by atoms with Gasteiger partial charge >= 0.3 is 0 Å². The molecule has 0 unspecified atom stereocenters. The van der Waals surface area contributed by atoms with Crippen LogP contribution in [0.25, 0.3) is 0 Å². The van der Waals surface area contributed by atoms with Gasteiger partial charge in [0.1, 0.15) is 5.75 Å². The first-order valence-electron chi connectivity index (χ1n) is 7.00. The lowest BCUT2D eigenvalue weighted by Gasteiger charge is -2.12. The van der Waals surface area contributed by atoms with Crippen LogP contribution in [-0.4, -0.2) is 11.0 Å². The molecule has 0 saturated heterocycles. The Bertz CT molecular complexity index is 621. The van der Waals surface area contributed by atoms with E-state index < -0.39 is 0 Å². The predicted molar refractivity (Wildman–Crippen MR) is 85.5 cm³/mol. The van der Waals surface area contributed by atoms with Gasteiger partial charge in [0, 0.05) is 24.3 Å². The average molecular weight is 284 g/mol. The number of rotatable bonds is 5. The third-order valence-electron chi connectivity index (χ3n) is 3.26. The van der Waals surface area contributed by atoms with Gasteiger partial charge in [-0.1, -0.05) is 25.1 Å². The van der Waals surface area contributed by atoms with Crippen molar-refractivity contribution in [3.8, 4) is 5.75 Å². The number of nitrogens with one attached hydrogen (secondary N) is 2. The molecule has 0 saturated carbocycles. The van der Waals surface area contributed by atoms with Gasteiger partial charge in [-0.2, -0.15) is 0 Å². The maximum atomic E-state index is 11.4. The van der Waals surface area contributed by atoms with Crippen molar-refractivity contribution >= 4 is 17.3 Å². The molecule has 110 valence electrons. The molecule has 0 atom stereocenters. The van der Waals surface area contributed by atoms with E-state index in [-0.39, 0.29) is 11.7 Å². The predicted octanol–water partition coefficient (Wildman–Crippen LogP) is 3.66. The van der Waals surface area contributed by atoms with E-state index in [1.165, 1.54) is 0 Å². The molecule has 0 heterocycles. The molecule has 0 fully saturated rings. The van der Waals surface area contributed by atoms with Crippen molar-refractivity contribution in [3.63, 3.8) is 0 Å². The number of aromatic hydroxyl groups is 1. The molecule has 4 nitrogen and oxygen atoms in total. The van der Waals surface area contributed by atoms with Crippen LogP contribution in [-0.2, 0) is 11.3 Å². The van der Waals surface area contributed by atoms with Gasteiger partial charge in [-0.25, -0.2) is 0 Å². The van der Waals surface area contributed by atoms with Crippen LogP contribution in [0, 0.1) is 6.92 Å². The molecule has 0 bridgehead atoms. The van der Waals surface area contributed by atoms with Gasteiger partial charge in [-0.05, 0) is 42.3 Å². The maximum Gasteiger partial charge on any atom is 0.224 e. The number of aryl methyl sites for hydroxylation is 1. The molecule has 0 aliphatic heterocycles. The van der Waals surface area contributed by atoms with Crippen LogP contribution in [0.2, 0.25) is 0 Å². The van der Waals surface area contributed by atoms with Crippen molar-refractivity contribution in [2.75, 3.05) is 10.6 Å². The average Bonchev–Trinajstić information content (AvgIpc) is 2.49. The van der Waals surface area contributed by atoms with Crippen molar-refractivity contribution in [2.24, 2.45) is 0 Å². The lowest BCUT2D eigenvalue weighted by Crippen LogP contribution is -2.10. The van der Waals surface area contributed by atoms with Gasteiger partial charge in [0.25, 0.3) is 0 Å². The SMILES string of the molecule is CCC(=O)Nc1ccc(C)c(NCc2ccc(O)cc2)c1. The van der Waals surface area contributed by atoms with E-state index in [1.54, 1.807) is 12.1 Å². The number of benzene rings is 2. The molecule has 1 amide bonds. The van der Waals surface area contributed by atoms with Gasteiger partial charge in [0.05, 0.1) is 0 Å². The zero-order valence-corrected chi connectivity index (χ0v) is 12.3. The van der Waals surface area contributed by atoms with Crippen molar-refractivity contribution in [1.29, 1.82) is 0 Å². The lowest BCUT2D eigenvalue weighted by molar-refractivity contribution is -0.115. The molecular formula is C17H20N2O2. The molecule has 21 heavy (non-hydrogen) atoms. The highest BCUT2D eigenvalue weighted by atomic mass is 16.3. The minimum atomic E-state index is 0.00309. The molecule has 0 aliphatic carbocycles. The van der Waals surface area contributed by atoms with Crippen LogP contribution in [0.3, 0.4) is 0 Å². The summed E-state index contributed by atoms with van der Waals surface area (Å²) in [6.45, 7) is 4.50. The second kappa shape index (κ2) is 6.79. The third kappa shape index (κ3) is 4.24. The Morgan fingerprint density at radius 1 is 1.14 bits per heavy atom. The van der Waals surface area contributed by atoms with E-state index in [9.17, 15) is 9.90 Å². The molecule has 0 radical (unpaired) electrons. The van der Waals surface area contributed by atoms with Gasteiger partial charge in [0.15, 0.2) is 0 Å². The molecule has 2 aromatic rings. The first-order valence-corrected chi connectivity index (χ1v) is 7.00. The Balaban J connectivity index is 2.06. The van der Waals surface area contributed by atoms with Crippen molar-refractivity contribution < 1.29 is 9.90 Å². The zero-order chi connectivity index (χ0) is 15.2. The normalized spacial score (nSPS) is 10.2. The van der Waals surface area contributed by atoms with Crippen LogP contribution in [0.1, 0.15) is 24.5 Å². The fourth-order valence-corrected chi connectivity index (χ4v) is 1.95. The number of phenolic OH excluding ortho intramolecular Hbond substituents is 1. The summed E-state index contributed by atoms with van der Waals surface area (Å²) in [6, 6.07) is 12.9. The van der Waals surface area contributed by atoms with E-state index in [2.05, 4.69) is 10.6 Å². The van der Waals surface area contributed by atoms with E-state index in [0.29, 0.717) is 13.0 Å². The molecule has 2 rings (SSSR count). The highest BCUT2D eigenvalue weighted by Gasteiger charge is 2.03. The number of carbonyl (C=O) groups excluding carboxylic acids is 1. The van der Waals surface area contributed by atoms with Gasteiger partial charge in [-0.15, -0.1) is 0 Å². The second-order valence-corrected chi connectivity index (χ2v) is 4.95. The summed E-state index contributed by atoms with van der Waals surface area (Å²) >= 11 is 0. The first kappa shape index (κ1) is 14.9. The summed E-state index contributed by atoms with van der Waals surface area (Å²) < 4.78 is 0. The van der Waals surface area contributed by atoms with E-state index in [0.717, 1.165) is 22.5 Å². The Labute approximate surface area is 124 Å². The summed E-state index contributed by atoms with van der Waals surface area (Å²) in [5.41, 5.74) is 3.97. The molecule has 2 aromatic carbocycles. The highest BCUT2D eigenvalue weighted by Crippen LogP contribution is 2.21. The fraction of sp³-hybridized carbons (Fsp3) is 0.235. The van der Waals surface area contributed by atoms with Crippen LogP contribution in [0.4, 0.5) is 11.4 Å². The standard InChI is InChI=1S/C17H20N2O2/c1-3-17(21)19-14-7-4-12(2)16(10-14)18-11-13-5-8-15(20)9-6-13/h4-10,18,20H,3,11H2,1-2H3,(H,19,21). The topological polar surface area (TPSA) is 61.4 Å². The number of hydrogen-bond donors (Lipinski definition) is 3. The van der Waals surface area contributed by atoms with Crippen LogP contribution in [0.5, 0.6) is 5.75 Å². The molecule has 0 spiro atoms. The number of hydrogen-bond acceptors (Lipinski definition) is 3. The van der Waals surface area contributed by atoms with E-state index in [4.69, 9.17) is 0 Å². The Hall–Kier alpha value is -2.49. The van der Waals surface area contributed by atoms with Crippen molar-refractivity contribution in [3.05, 3.63) is 53.6 Å². The summed E-state index contributed by atoms with van der Waals surface area (Å²) in [7, 11) is 0. The fourth-order valence-electron chi connectivity index (χ4n) is 1.95. The molecule has 0 aliphatic rings. The van der Waals surface area contributed by atoms with Crippen LogP contribution >= 0.6 is 0 Å². The zero-order valence-electron chi connectivity index (χ0n) is 12.3. The number of phenols is 1. The van der Waals surface area contributed by atoms with Gasteiger partial charge in [-0.3, -0.25) is 4.79 Å². The van der Waals surface area contributed by atoms with Crippen LogP contribution < -0.4 is 10.6 Å². The Morgan fingerprint density at radius 3 is 2.52 bits per heavy atom. The van der Waals surface area contributed by atoms with Crippen LogP contribution in [0.15, 0.2) is 42.5 Å². The second-order valence-electron chi connectivity index (χ2n) is 4.95. The van der Waals surface area contributed by atoms with Crippen molar-refractivity contribution in [2.45, 2.75) is 26.8 Å².